The molecule has 0 heterocycles. The molecule has 0 amide bonds. The molecule has 0 aromatic rings. The molecule has 0 aliphatic rings. The summed E-state index contributed by atoms with van der Waals surface area (Å²) >= 11 is 0. The van der Waals surface area contributed by atoms with Crippen LogP contribution in [0.15, 0.2) is 24.3 Å². The molecule has 2 heteroatoms. The van der Waals surface area contributed by atoms with E-state index in [4.69, 9.17) is 0 Å². The lowest BCUT2D eigenvalue weighted by Crippen LogP contribution is -1.95. The van der Waals surface area contributed by atoms with Crippen molar-refractivity contribution in [2.24, 2.45) is 5.92 Å². The fourth-order valence-corrected chi connectivity index (χ4v) is 0.666. The van der Waals surface area contributed by atoms with Crippen molar-refractivity contribution in [2.75, 3.05) is 7.11 Å². The van der Waals surface area contributed by atoms with Crippen LogP contribution >= 0.6 is 0 Å². The van der Waals surface area contributed by atoms with Crippen LogP contribution < -0.4 is 0 Å². The Hall–Kier alpha value is -1.05. The van der Waals surface area contributed by atoms with E-state index in [0.29, 0.717) is 5.92 Å². The maximum atomic E-state index is 10.6. The van der Waals surface area contributed by atoms with E-state index in [2.05, 4.69) is 4.74 Å². The number of esters is 1. The Morgan fingerprint density at radius 1 is 1.45 bits per heavy atom. The fraction of sp³-hybridized carbons (Fsp3) is 0.444. The minimum atomic E-state index is -0.304. The Morgan fingerprint density at radius 2 is 2.09 bits per heavy atom. The van der Waals surface area contributed by atoms with Gasteiger partial charge in [-0.15, -0.1) is 0 Å². The first-order valence-corrected chi connectivity index (χ1v) is 3.59. The van der Waals surface area contributed by atoms with Crippen LogP contribution in [0.5, 0.6) is 0 Å². The Morgan fingerprint density at radius 3 is 2.55 bits per heavy atom. The quantitative estimate of drug-likeness (QED) is 0.352. The van der Waals surface area contributed by atoms with Crippen LogP contribution in [-0.2, 0) is 9.53 Å². The van der Waals surface area contributed by atoms with Gasteiger partial charge in [0.15, 0.2) is 0 Å². The van der Waals surface area contributed by atoms with Crippen molar-refractivity contribution >= 4 is 5.97 Å². The first-order chi connectivity index (χ1) is 5.20. The van der Waals surface area contributed by atoms with E-state index in [1.807, 2.05) is 26.0 Å². The number of methoxy groups -OCH3 is 1. The van der Waals surface area contributed by atoms with Gasteiger partial charge in [0.25, 0.3) is 0 Å². The maximum Gasteiger partial charge on any atom is 0.330 e. The average molecular weight is 154 g/mol. The molecule has 0 aromatic heterocycles. The van der Waals surface area contributed by atoms with Crippen LogP contribution in [0, 0.1) is 5.92 Å². The summed E-state index contributed by atoms with van der Waals surface area (Å²) in [5, 5.41) is 0. The number of carbonyl (C=O) groups is 1. The first-order valence-electron chi connectivity index (χ1n) is 3.59. The molecule has 0 aliphatic carbocycles. The number of hydrogen-bond acceptors (Lipinski definition) is 2. The Labute approximate surface area is 67.6 Å². The number of allylic oxidation sites excluding steroid dienone is 3. The molecule has 0 spiro atoms. The van der Waals surface area contributed by atoms with Gasteiger partial charge in [0, 0.05) is 6.08 Å². The van der Waals surface area contributed by atoms with E-state index < -0.39 is 0 Å². The Kier molecular flexibility index (Phi) is 5.17. The van der Waals surface area contributed by atoms with Gasteiger partial charge in [0.1, 0.15) is 0 Å². The second kappa shape index (κ2) is 5.71. The third-order valence-electron chi connectivity index (χ3n) is 1.23. The fourth-order valence-electron chi connectivity index (χ4n) is 0.666. The Balaban J connectivity index is 3.82. The van der Waals surface area contributed by atoms with Crippen LogP contribution in [0.3, 0.4) is 0 Å². The maximum absolute atomic E-state index is 10.6. The third-order valence-corrected chi connectivity index (χ3v) is 1.23. The molecule has 0 fully saturated rings. The van der Waals surface area contributed by atoms with Gasteiger partial charge in [-0.2, -0.15) is 0 Å². The summed E-state index contributed by atoms with van der Waals surface area (Å²) < 4.78 is 4.43. The van der Waals surface area contributed by atoms with Gasteiger partial charge < -0.3 is 4.74 Å². The highest BCUT2D eigenvalue weighted by atomic mass is 16.5. The van der Waals surface area contributed by atoms with Gasteiger partial charge in [-0.25, -0.2) is 4.79 Å². The SMILES string of the molecule is C/C=C\[C@H](C)/C=C/C(=O)OC. The summed E-state index contributed by atoms with van der Waals surface area (Å²) in [7, 11) is 1.37. The van der Waals surface area contributed by atoms with Crippen molar-refractivity contribution in [3.63, 3.8) is 0 Å². The van der Waals surface area contributed by atoms with Crippen molar-refractivity contribution in [3.8, 4) is 0 Å². The monoisotopic (exact) mass is 154 g/mol. The summed E-state index contributed by atoms with van der Waals surface area (Å²) in [5.41, 5.74) is 0. The van der Waals surface area contributed by atoms with E-state index in [0.717, 1.165) is 0 Å². The zero-order chi connectivity index (χ0) is 8.69. The number of rotatable bonds is 3. The van der Waals surface area contributed by atoms with Crippen LogP contribution in [0.25, 0.3) is 0 Å². The standard InChI is InChI=1S/C9H14O2/c1-4-5-8(2)6-7-9(10)11-3/h4-8H,1-3H3/b5-4-,7-6+/t8-/m0/s1. The highest BCUT2D eigenvalue weighted by molar-refractivity contribution is 5.81. The molecular weight excluding hydrogens is 140 g/mol. The van der Waals surface area contributed by atoms with Crippen LogP contribution in [0.4, 0.5) is 0 Å². The van der Waals surface area contributed by atoms with E-state index in [-0.39, 0.29) is 5.97 Å². The molecule has 1 atom stereocenters. The highest BCUT2D eigenvalue weighted by Crippen LogP contribution is 1.98. The van der Waals surface area contributed by atoms with Gasteiger partial charge in [0.05, 0.1) is 7.11 Å². The molecule has 0 rings (SSSR count). The Bertz CT molecular complexity index is 168. The molecule has 0 unspecified atom stereocenters. The van der Waals surface area contributed by atoms with E-state index >= 15 is 0 Å². The van der Waals surface area contributed by atoms with Gasteiger partial charge >= 0.3 is 5.97 Å². The molecule has 0 bridgehead atoms. The molecule has 0 aliphatic heterocycles. The van der Waals surface area contributed by atoms with Crippen molar-refractivity contribution in [1.29, 1.82) is 0 Å². The lowest BCUT2D eigenvalue weighted by atomic mass is 10.1. The minimum Gasteiger partial charge on any atom is -0.466 e. The molecule has 0 saturated heterocycles. The highest BCUT2D eigenvalue weighted by Gasteiger charge is 1.92. The molecule has 11 heavy (non-hydrogen) atoms. The molecule has 0 aromatic carbocycles. The largest absolute Gasteiger partial charge is 0.466 e. The van der Waals surface area contributed by atoms with Crippen molar-refractivity contribution in [1.82, 2.24) is 0 Å². The summed E-state index contributed by atoms with van der Waals surface area (Å²) in [6.45, 7) is 3.95. The molecule has 62 valence electrons. The summed E-state index contributed by atoms with van der Waals surface area (Å²) in [6.07, 6.45) is 7.18. The zero-order valence-electron chi connectivity index (χ0n) is 7.20. The van der Waals surface area contributed by atoms with Gasteiger partial charge in [0.2, 0.25) is 0 Å². The molecule has 0 radical (unpaired) electrons. The predicted molar refractivity (Wildman–Crippen MR) is 45.1 cm³/mol. The van der Waals surface area contributed by atoms with Crippen molar-refractivity contribution in [2.45, 2.75) is 13.8 Å². The normalized spacial score (nSPS) is 14.1. The number of ether oxygens (including phenoxy) is 1. The smallest absolute Gasteiger partial charge is 0.330 e. The summed E-state index contributed by atoms with van der Waals surface area (Å²) in [6, 6.07) is 0. The minimum absolute atomic E-state index is 0.291. The first kappa shape index (κ1) is 9.95. The van der Waals surface area contributed by atoms with Crippen molar-refractivity contribution in [3.05, 3.63) is 24.3 Å². The third kappa shape index (κ3) is 5.40. The lowest BCUT2D eigenvalue weighted by Gasteiger charge is -1.95. The van der Waals surface area contributed by atoms with Crippen molar-refractivity contribution < 1.29 is 9.53 Å². The predicted octanol–water partition coefficient (Wildman–Crippen LogP) is 1.93. The molecule has 0 N–H and O–H groups in total. The summed E-state index contributed by atoms with van der Waals surface area (Å²) in [4.78, 5) is 10.6. The van der Waals surface area contributed by atoms with Crippen LogP contribution in [0.2, 0.25) is 0 Å². The van der Waals surface area contributed by atoms with E-state index in [9.17, 15) is 4.79 Å². The zero-order valence-corrected chi connectivity index (χ0v) is 7.20. The lowest BCUT2D eigenvalue weighted by molar-refractivity contribution is -0.134. The van der Waals surface area contributed by atoms with Crippen LogP contribution in [0.1, 0.15) is 13.8 Å². The topological polar surface area (TPSA) is 26.3 Å². The van der Waals surface area contributed by atoms with E-state index in [1.165, 1.54) is 13.2 Å². The van der Waals surface area contributed by atoms with Crippen LogP contribution in [-0.4, -0.2) is 13.1 Å². The molecule has 2 nitrogen and oxygen atoms in total. The van der Waals surface area contributed by atoms with Gasteiger partial charge in [-0.3, -0.25) is 0 Å². The second-order valence-electron chi connectivity index (χ2n) is 2.27. The molecular formula is C9H14O2. The van der Waals surface area contributed by atoms with E-state index in [1.54, 1.807) is 6.08 Å². The van der Waals surface area contributed by atoms with Gasteiger partial charge in [-0.05, 0) is 12.8 Å². The molecule has 0 saturated carbocycles. The summed E-state index contributed by atoms with van der Waals surface area (Å²) in [5.74, 6) is -0.0135. The average Bonchev–Trinajstić information content (AvgIpc) is 2.01. The second-order valence-corrected chi connectivity index (χ2v) is 2.27. The van der Waals surface area contributed by atoms with Gasteiger partial charge in [-0.1, -0.05) is 25.2 Å². The number of hydrogen-bond donors (Lipinski definition) is 0. The number of carbonyl (C=O) groups excluding carboxylic acids is 1.